The van der Waals surface area contributed by atoms with E-state index in [1.165, 1.54) is 0 Å². The van der Waals surface area contributed by atoms with Crippen molar-refractivity contribution in [3.63, 3.8) is 0 Å². The average molecular weight is 371 g/mol. The van der Waals surface area contributed by atoms with Crippen molar-refractivity contribution in [2.75, 3.05) is 0 Å². The Balaban J connectivity index is 1.98. The largest absolute Gasteiger partial charge is 0.344 e. The van der Waals surface area contributed by atoms with Gasteiger partial charge in [0.2, 0.25) is 0 Å². The van der Waals surface area contributed by atoms with Gasteiger partial charge < -0.3 is 4.98 Å². The van der Waals surface area contributed by atoms with Crippen LogP contribution in [-0.2, 0) is 0 Å². The SMILES string of the molecule is O=C(N/N=C/c1ccccc1)c1cc(Br)c(Br)[nH]1. The second kappa shape index (κ2) is 5.97. The molecule has 92 valence electrons. The maximum Gasteiger partial charge on any atom is 0.287 e. The molecule has 1 aromatic carbocycles. The lowest BCUT2D eigenvalue weighted by atomic mass is 10.2. The lowest BCUT2D eigenvalue weighted by molar-refractivity contribution is 0.0950. The van der Waals surface area contributed by atoms with Crippen LogP contribution in [0.15, 0.2) is 50.6 Å². The Labute approximate surface area is 121 Å². The number of amides is 1. The van der Waals surface area contributed by atoms with Crippen molar-refractivity contribution in [3.05, 3.63) is 56.7 Å². The number of rotatable bonds is 3. The molecule has 0 aliphatic carbocycles. The number of aromatic amines is 1. The molecular formula is C12H9Br2N3O. The molecule has 1 aromatic heterocycles. The molecule has 2 N–H and O–H groups in total. The Morgan fingerprint density at radius 1 is 1.28 bits per heavy atom. The summed E-state index contributed by atoms with van der Waals surface area (Å²) >= 11 is 6.56. The molecule has 1 amide bonds. The summed E-state index contributed by atoms with van der Waals surface area (Å²) in [4.78, 5) is 14.6. The van der Waals surface area contributed by atoms with Crippen LogP contribution in [0.5, 0.6) is 0 Å². The number of hydrogen-bond acceptors (Lipinski definition) is 2. The van der Waals surface area contributed by atoms with Gasteiger partial charge in [0.05, 0.1) is 15.3 Å². The van der Waals surface area contributed by atoms with Crippen LogP contribution in [-0.4, -0.2) is 17.1 Å². The fourth-order valence-electron chi connectivity index (χ4n) is 1.29. The first-order chi connectivity index (χ1) is 8.66. The molecule has 0 spiro atoms. The first-order valence-corrected chi connectivity index (χ1v) is 6.68. The van der Waals surface area contributed by atoms with E-state index in [1.807, 2.05) is 30.3 Å². The summed E-state index contributed by atoms with van der Waals surface area (Å²) in [6.07, 6.45) is 1.59. The fourth-order valence-corrected chi connectivity index (χ4v) is 1.95. The molecule has 0 unspecified atom stereocenters. The number of hydrogen-bond donors (Lipinski definition) is 2. The smallest absolute Gasteiger partial charge is 0.287 e. The van der Waals surface area contributed by atoms with Gasteiger partial charge >= 0.3 is 0 Å². The van der Waals surface area contributed by atoms with Crippen LogP contribution < -0.4 is 5.43 Å². The number of benzene rings is 1. The zero-order valence-electron chi connectivity index (χ0n) is 9.15. The predicted molar refractivity (Wildman–Crippen MR) is 77.7 cm³/mol. The molecule has 1 heterocycles. The highest BCUT2D eigenvalue weighted by atomic mass is 79.9. The third kappa shape index (κ3) is 3.30. The van der Waals surface area contributed by atoms with Crippen LogP contribution in [0.3, 0.4) is 0 Å². The van der Waals surface area contributed by atoms with Gasteiger partial charge in [-0.05, 0) is 43.5 Å². The summed E-state index contributed by atoms with van der Waals surface area (Å²) in [5.41, 5.74) is 3.80. The van der Waals surface area contributed by atoms with E-state index in [0.29, 0.717) is 5.69 Å². The summed E-state index contributed by atoms with van der Waals surface area (Å²) in [6, 6.07) is 11.2. The molecule has 0 saturated carbocycles. The van der Waals surface area contributed by atoms with Crippen molar-refractivity contribution >= 4 is 44.0 Å². The number of nitrogens with one attached hydrogen (secondary N) is 2. The van der Waals surface area contributed by atoms with Crippen molar-refractivity contribution < 1.29 is 4.79 Å². The quantitative estimate of drug-likeness (QED) is 0.632. The second-order valence-electron chi connectivity index (χ2n) is 3.45. The van der Waals surface area contributed by atoms with Crippen LogP contribution in [0, 0.1) is 0 Å². The minimum absolute atomic E-state index is 0.298. The molecule has 6 heteroatoms. The van der Waals surface area contributed by atoms with E-state index in [2.05, 4.69) is 47.4 Å². The van der Waals surface area contributed by atoms with Crippen LogP contribution in [0.2, 0.25) is 0 Å². The second-order valence-corrected chi connectivity index (χ2v) is 5.10. The molecule has 0 atom stereocenters. The van der Waals surface area contributed by atoms with E-state index in [0.717, 1.165) is 14.6 Å². The first kappa shape index (κ1) is 13.0. The molecule has 2 aromatic rings. The van der Waals surface area contributed by atoms with Gasteiger partial charge in [-0.2, -0.15) is 5.10 Å². The molecule has 0 aliphatic rings. The monoisotopic (exact) mass is 369 g/mol. The molecule has 0 saturated heterocycles. The van der Waals surface area contributed by atoms with E-state index in [1.54, 1.807) is 12.3 Å². The zero-order valence-corrected chi connectivity index (χ0v) is 12.3. The van der Waals surface area contributed by atoms with E-state index in [-0.39, 0.29) is 5.91 Å². The zero-order chi connectivity index (χ0) is 13.0. The molecule has 2 rings (SSSR count). The maximum atomic E-state index is 11.7. The van der Waals surface area contributed by atoms with Gasteiger partial charge in [-0.3, -0.25) is 4.79 Å². The molecule has 0 fully saturated rings. The van der Waals surface area contributed by atoms with Gasteiger partial charge in [0.25, 0.3) is 5.91 Å². The Hall–Kier alpha value is -1.40. The van der Waals surface area contributed by atoms with Gasteiger partial charge in [-0.15, -0.1) is 0 Å². The fraction of sp³-hybridized carbons (Fsp3) is 0. The number of aromatic nitrogens is 1. The van der Waals surface area contributed by atoms with Gasteiger partial charge in [-0.25, -0.2) is 5.43 Å². The summed E-state index contributed by atoms with van der Waals surface area (Å²) in [5.74, 6) is -0.298. The van der Waals surface area contributed by atoms with E-state index < -0.39 is 0 Å². The summed E-state index contributed by atoms with van der Waals surface area (Å²) in [5, 5.41) is 3.88. The van der Waals surface area contributed by atoms with Crippen LogP contribution in [0.4, 0.5) is 0 Å². The third-order valence-electron chi connectivity index (χ3n) is 2.15. The summed E-state index contributed by atoms with van der Waals surface area (Å²) in [7, 11) is 0. The highest BCUT2D eigenvalue weighted by Gasteiger charge is 2.09. The standard InChI is InChI=1S/C12H9Br2N3O/c13-9-6-10(16-11(9)14)12(18)17-15-7-8-4-2-1-3-5-8/h1-7,16H,(H,17,18)/b15-7+. The molecule has 18 heavy (non-hydrogen) atoms. The number of nitrogens with zero attached hydrogens (tertiary/aromatic N) is 1. The number of carbonyl (C=O) groups excluding carboxylic acids is 1. The normalized spacial score (nSPS) is 10.8. The summed E-state index contributed by atoms with van der Waals surface area (Å²) < 4.78 is 1.51. The van der Waals surface area contributed by atoms with Gasteiger partial charge in [0, 0.05) is 0 Å². The maximum absolute atomic E-state index is 11.7. The van der Waals surface area contributed by atoms with Gasteiger partial charge in [0.1, 0.15) is 5.69 Å². The van der Waals surface area contributed by atoms with Gasteiger partial charge in [0.15, 0.2) is 0 Å². The van der Waals surface area contributed by atoms with Crippen molar-refractivity contribution in [2.24, 2.45) is 5.10 Å². The highest BCUT2D eigenvalue weighted by molar-refractivity contribution is 9.13. The van der Waals surface area contributed by atoms with Gasteiger partial charge in [-0.1, -0.05) is 30.3 Å². The first-order valence-electron chi connectivity index (χ1n) is 5.09. The summed E-state index contributed by atoms with van der Waals surface area (Å²) in [6.45, 7) is 0. The topological polar surface area (TPSA) is 57.2 Å². The minimum Gasteiger partial charge on any atom is -0.344 e. The van der Waals surface area contributed by atoms with Crippen molar-refractivity contribution in [2.45, 2.75) is 0 Å². The minimum atomic E-state index is -0.298. The van der Waals surface area contributed by atoms with Crippen LogP contribution >= 0.6 is 31.9 Å². The lowest BCUT2D eigenvalue weighted by Gasteiger charge is -1.96. The van der Waals surface area contributed by atoms with E-state index in [4.69, 9.17) is 0 Å². The number of halogens is 2. The lowest BCUT2D eigenvalue weighted by Crippen LogP contribution is -2.17. The Bertz CT molecular complexity index is 559. The van der Waals surface area contributed by atoms with Crippen LogP contribution in [0.25, 0.3) is 0 Å². The molecular weight excluding hydrogens is 362 g/mol. The van der Waals surface area contributed by atoms with Crippen LogP contribution in [0.1, 0.15) is 16.1 Å². The molecule has 4 nitrogen and oxygen atoms in total. The average Bonchev–Trinajstić information content (AvgIpc) is 2.71. The Kier molecular flexibility index (Phi) is 4.33. The molecule has 0 aliphatic heterocycles. The number of H-pyrrole nitrogens is 1. The highest BCUT2D eigenvalue weighted by Crippen LogP contribution is 2.22. The number of carbonyl (C=O) groups is 1. The van der Waals surface area contributed by atoms with Crippen molar-refractivity contribution in [3.8, 4) is 0 Å². The van der Waals surface area contributed by atoms with Crippen molar-refractivity contribution in [1.82, 2.24) is 10.4 Å². The van der Waals surface area contributed by atoms with E-state index >= 15 is 0 Å². The van der Waals surface area contributed by atoms with Crippen molar-refractivity contribution in [1.29, 1.82) is 0 Å². The molecule has 0 bridgehead atoms. The number of hydrazone groups is 1. The third-order valence-corrected chi connectivity index (χ3v) is 3.93. The van der Waals surface area contributed by atoms with E-state index in [9.17, 15) is 4.79 Å². The Morgan fingerprint density at radius 2 is 2.00 bits per heavy atom. The Morgan fingerprint density at radius 3 is 2.61 bits per heavy atom. The molecule has 0 radical (unpaired) electrons. The predicted octanol–water partition coefficient (Wildman–Crippen LogP) is 3.30.